The molecule has 1 atom stereocenters. The quantitative estimate of drug-likeness (QED) is 0.779. The van der Waals surface area contributed by atoms with Gasteiger partial charge in [-0.1, -0.05) is 0 Å². The molecule has 2 heterocycles. The maximum absolute atomic E-state index is 13.0. The van der Waals surface area contributed by atoms with Gasteiger partial charge in [-0.2, -0.15) is 17.0 Å². The number of carbonyl (C=O) groups excluding carboxylic acids is 1. The summed E-state index contributed by atoms with van der Waals surface area (Å²) in [5.41, 5.74) is 0.507. The van der Waals surface area contributed by atoms with E-state index >= 15 is 0 Å². The van der Waals surface area contributed by atoms with Gasteiger partial charge in [0.25, 0.3) is 10.2 Å². The fraction of sp³-hybridized carbons (Fsp3) is 0.650. The van der Waals surface area contributed by atoms with Crippen molar-refractivity contribution < 1.29 is 22.7 Å². The van der Waals surface area contributed by atoms with Gasteiger partial charge in [0.1, 0.15) is 17.1 Å². The SMILES string of the molecule is COc1ccc2c(c1)[C@H](NC(=O)C1CCN(S(=O)(=O)N(C)C)CC1)CC(C)(C)O2. The number of piperidine rings is 1. The summed E-state index contributed by atoms with van der Waals surface area (Å²) in [6, 6.07) is 5.44. The third kappa shape index (κ3) is 4.67. The number of methoxy groups -OCH3 is 1. The summed E-state index contributed by atoms with van der Waals surface area (Å²) in [5.74, 6) is 1.22. The van der Waals surface area contributed by atoms with Crippen LogP contribution in [0.5, 0.6) is 11.5 Å². The second-order valence-corrected chi connectivity index (χ2v) is 10.6. The van der Waals surface area contributed by atoms with Crippen LogP contribution in [-0.2, 0) is 15.0 Å². The van der Waals surface area contributed by atoms with Crippen molar-refractivity contribution in [3.8, 4) is 11.5 Å². The van der Waals surface area contributed by atoms with Crippen LogP contribution in [0, 0.1) is 5.92 Å². The Bertz CT molecular complexity index is 861. The van der Waals surface area contributed by atoms with Crippen LogP contribution in [0.2, 0.25) is 0 Å². The Kier molecular flexibility index (Phi) is 6.12. The monoisotopic (exact) mass is 425 g/mol. The van der Waals surface area contributed by atoms with E-state index in [9.17, 15) is 13.2 Å². The molecule has 0 unspecified atom stereocenters. The van der Waals surface area contributed by atoms with Crippen LogP contribution in [0.15, 0.2) is 18.2 Å². The fourth-order valence-electron chi connectivity index (χ4n) is 3.96. The number of ether oxygens (including phenoxy) is 2. The lowest BCUT2D eigenvalue weighted by molar-refractivity contribution is -0.127. The average Bonchev–Trinajstić information content (AvgIpc) is 2.66. The third-order valence-electron chi connectivity index (χ3n) is 5.60. The average molecular weight is 426 g/mol. The molecule has 162 valence electrons. The van der Waals surface area contributed by atoms with Crippen molar-refractivity contribution in [3.05, 3.63) is 23.8 Å². The van der Waals surface area contributed by atoms with Gasteiger partial charge in [-0.25, -0.2) is 0 Å². The van der Waals surface area contributed by atoms with Gasteiger partial charge < -0.3 is 14.8 Å². The highest BCUT2D eigenvalue weighted by Gasteiger charge is 2.37. The first-order chi connectivity index (χ1) is 13.5. The van der Waals surface area contributed by atoms with E-state index < -0.39 is 15.8 Å². The Morgan fingerprint density at radius 1 is 1.28 bits per heavy atom. The van der Waals surface area contributed by atoms with E-state index in [0.29, 0.717) is 38.1 Å². The van der Waals surface area contributed by atoms with Gasteiger partial charge in [0.2, 0.25) is 5.91 Å². The molecular formula is C20H31N3O5S. The fourth-order valence-corrected chi connectivity index (χ4v) is 5.09. The number of hydrogen-bond acceptors (Lipinski definition) is 5. The largest absolute Gasteiger partial charge is 0.497 e. The highest BCUT2D eigenvalue weighted by atomic mass is 32.2. The molecule has 0 aliphatic carbocycles. The zero-order valence-electron chi connectivity index (χ0n) is 17.8. The van der Waals surface area contributed by atoms with E-state index in [1.54, 1.807) is 7.11 Å². The van der Waals surface area contributed by atoms with Crippen LogP contribution in [0.25, 0.3) is 0 Å². The zero-order valence-corrected chi connectivity index (χ0v) is 18.6. The number of amides is 1. The Balaban J connectivity index is 1.70. The molecule has 1 aromatic rings. The third-order valence-corrected chi connectivity index (χ3v) is 7.54. The molecule has 3 rings (SSSR count). The number of benzene rings is 1. The molecule has 0 radical (unpaired) electrons. The molecule has 8 nitrogen and oxygen atoms in total. The molecule has 1 saturated heterocycles. The number of rotatable bonds is 5. The van der Waals surface area contributed by atoms with Crippen LogP contribution in [-0.4, -0.2) is 62.8 Å². The van der Waals surface area contributed by atoms with Gasteiger partial charge in [0.15, 0.2) is 0 Å². The summed E-state index contributed by atoms with van der Waals surface area (Å²) in [6.07, 6.45) is 1.67. The second kappa shape index (κ2) is 8.12. The topological polar surface area (TPSA) is 88.2 Å². The molecule has 1 N–H and O–H groups in total. The summed E-state index contributed by atoms with van der Waals surface area (Å²) in [4.78, 5) is 13.0. The molecule has 1 fully saturated rings. The predicted molar refractivity (Wildman–Crippen MR) is 110 cm³/mol. The van der Waals surface area contributed by atoms with Gasteiger partial charge in [-0.3, -0.25) is 4.79 Å². The highest BCUT2D eigenvalue weighted by Crippen LogP contribution is 2.41. The number of nitrogens with zero attached hydrogens (tertiary/aromatic N) is 2. The van der Waals surface area contributed by atoms with Crippen molar-refractivity contribution in [2.24, 2.45) is 5.92 Å². The normalized spacial score (nSPS) is 22.6. The highest BCUT2D eigenvalue weighted by molar-refractivity contribution is 7.86. The first-order valence-electron chi connectivity index (χ1n) is 9.88. The first kappa shape index (κ1) is 21.9. The van der Waals surface area contributed by atoms with Crippen molar-refractivity contribution in [2.45, 2.75) is 44.8 Å². The molecule has 0 spiro atoms. The van der Waals surface area contributed by atoms with Crippen LogP contribution in [0.3, 0.4) is 0 Å². The molecule has 2 aliphatic rings. The smallest absolute Gasteiger partial charge is 0.281 e. The Morgan fingerprint density at radius 3 is 2.52 bits per heavy atom. The molecule has 0 aromatic heterocycles. The number of carbonyl (C=O) groups is 1. The Morgan fingerprint density at radius 2 is 1.93 bits per heavy atom. The number of fused-ring (bicyclic) bond motifs is 1. The predicted octanol–water partition coefficient (Wildman–Crippen LogP) is 1.93. The van der Waals surface area contributed by atoms with Crippen LogP contribution in [0.4, 0.5) is 0 Å². The minimum Gasteiger partial charge on any atom is -0.497 e. The Hall–Kier alpha value is -1.84. The summed E-state index contributed by atoms with van der Waals surface area (Å²) in [6.45, 7) is 4.71. The molecule has 0 saturated carbocycles. The molecule has 1 aromatic carbocycles. The van der Waals surface area contributed by atoms with E-state index in [0.717, 1.165) is 11.3 Å². The minimum absolute atomic E-state index is 0.0385. The van der Waals surface area contributed by atoms with Crippen LogP contribution in [0.1, 0.15) is 44.7 Å². The van der Waals surface area contributed by atoms with Gasteiger partial charge in [-0.15, -0.1) is 0 Å². The minimum atomic E-state index is -3.43. The van der Waals surface area contributed by atoms with Gasteiger partial charge in [-0.05, 0) is 44.9 Å². The summed E-state index contributed by atoms with van der Waals surface area (Å²) < 4.78 is 38.6. The first-order valence-corrected chi connectivity index (χ1v) is 11.3. The van der Waals surface area contributed by atoms with Crippen molar-refractivity contribution in [1.29, 1.82) is 0 Å². The Labute approximate surface area is 173 Å². The lowest BCUT2D eigenvalue weighted by atomic mass is 9.88. The van der Waals surface area contributed by atoms with Crippen LogP contribution >= 0.6 is 0 Å². The summed E-state index contributed by atoms with van der Waals surface area (Å²) >= 11 is 0. The molecule has 2 aliphatic heterocycles. The molecule has 29 heavy (non-hydrogen) atoms. The number of hydrogen-bond donors (Lipinski definition) is 1. The maximum atomic E-state index is 13.0. The van der Waals surface area contributed by atoms with Gasteiger partial charge in [0, 0.05) is 45.1 Å². The lowest BCUT2D eigenvalue weighted by Gasteiger charge is -2.39. The molecular weight excluding hydrogens is 394 g/mol. The van der Waals surface area contributed by atoms with E-state index in [2.05, 4.69) is 5.32 Å². The number of nitrogens with one attached hydrogen (secondary N) is 1. The molecule has 9 heteroatoms. The van der Waals surface area contributed by atoms with E-state index in [1.165, 1.54) is 22.7 Å². The van der Waals surface area contributed by atoms with Crippen molar-refractivity contribution >= 4 is 16.1 Å². The molecule has 1 amide bonds. The zero-order chi connectivity index (χ0) is 21.4. The van der Waals surface area contributed by atoms with Crippen molar-refractivity contribution in [2.75, 3.05) is 34.3 Å². The van der Waals surface area contributed by atoms with Crippen LogP contribution < -0.4 is 14.8 Å². The van der Waals surface area contributed by atoms with E-state index in [-0.39, 0.29) is 17.9 Å². The molecule has 0 bridgehead atoms. The van der Waals surface area contributed by atoms with Crippen molar-refractivity contribution in [1.82, 2.24) is 13.9 Å². The second-order valence-electron chi connectivity index (χ2n) is 8.49. The summed E-state index contributed by atoms with van der Waals surface area (Å²) in [7, 11) is 1.22. The summed E-state index contributed by atoms with van der Waals surface area (Å²) in [5, 5.41) is 3.18. The van der Waals surface area contributed by atoms with E-state index in [4.69, 9.17) is 9.47 Å². The van der Waals surface area contributed by atoms with E-state index in [1.807, 2.05) is 32.0 Å². The lowest BCUT2D eigenvalue weighted by Crippen LogP contribution is -2.48. The van der Waals surface area contributed by atoms with Gasteiger partial charge >= 0.3 is 0 Å². The standard InChI is InChI=1S/C20H31N3O5S/c1-20(2)13-17(16-12-15(27-5)6-7-18(16)28-20)21-19(24)14-8-10-23(11-9-14)29(25,26)22(3)4/h6-7,12,14,17H,8-11,13H2,1-5H3,(H,21,24)/t17-/m1/s1. The maximum Gasteiger partial charge on any atom is 0.281 e. The van der Waals surface area contributed by atoms with Crippen molar-refractivity contribution in [3.63, 3.8) is 0 Å². The van der Waals surface area contributed by atoms with Gasteiger partial charge in [0.05, 0.1) is 13.2 Å².